The number of nitrogens with zero attached hydrogens (tertiary/aromatic N) is 5. The van der Waals surface area contributed by atoms with Gasteiger partial charge in [0.15, 0.2) is 5.01 Å². The molecule has 200 valence electrons. The molecule has 0 spiro atoms. The van der Waals surface area contributed by atoms with Crippen molar-refractivity contribution in [2.24, 2.45) is 5.92 Å². The normalized spacial score (nSPS) is 15.2. The van der Waals surface area contributed by atoms with Crippen molar-refractivity contribution in [2.45, 2.75) is 38.5 Å². The highest BCUT2D eigenvalue weighted by molar-refractivity contribution is 7.15. The molecule has 11 heteroatoms. The van der Waals surface area contributed by atoms with Crippen molar-refractivity contribution in [1.29, 1.82) is 0 Å². The summed E-state index contributed by atoms with van der Waals surface area (Å²) >= 11 is 1.16. The van der Waals surface area contributed by atoms with E-state index in [0.717, 1.165) is 50.1 Å². The van der Waals surface area contributed by atoms with Crippen LogP contribution in [0.15, 0.2) is 24.5 Å². The number of hydrogen-bond acceptors (Lipinski definition) is 8. The minimum atomic E-state index is -2.80. The molecule has 0 radical (unpaired) electrons. The number of hydrogen-bond donors (Lipinski definition) is 1. The van der Waals surface area contributed by atoms with E-state index in [9.17, 15) is 13.6 Å². The molecule has 0 bridgehead atoms. The quantitative estimate of drug-likeness (QED) is 0.443. The van der Waals surface area contributed by atoms with Gasteiger partial charge in [0, 0.05) is 23.2 Å². The Morgan fingerprint density at radius 1 is 1.13 bits per heavy atom. The number of anilines is 1. The molecular weight excluding hydrogens is 522 g/mol. The maximum atomic E-state index is 13.5. The molecule has 0 atom stereocenters. The number of amides is 1. The van der Waals surface area contributed by atoms with Crippen LogP contribution in [0.5, 0.6) is 5.75 Å². The molecule has 4 heterocycles. The number of methoxy groups -OCH3 is 1. The topological polar surface area (TPSA) is 93.1 Å². The molecule has 39 heavy (non-hydrogen) atoms. The molecular formula is C28H26F2N6O2S. The highest BCUT2D eigenvalue weighted by Gasteiger charge is 2.22. The maximum Gasteiger partial charge on any atom is 0.280 e. The lowest BCUT2D eigenvalue weighted by Crippen LogP contribution is -2.29. The molecule has 1 saturated heterocycles. The van der Waals surface area contributed by atoms with E-state index in [1.165, 1.54) is 32.0 Å². The zero-order valence-corrected chi connectivity index (χ0v) is 22.2. The molecule has 3 aromatic rings. The van der Waals surface area contributed by atoms with Crippen LogP contribution in [0.2, 0.25) is 0 Å². The Morgan fingerprint density at radius 2 is 1.95 bits per heavy atom. The first-order valence-corrected chi connectivity index (χ1v) is 13.5. The van der Waals surface area contributed by atoms with Gasteiger partial charge in [0.2, 0.25) is 5.13 Å². The number of carbonyl (C=O) groups is 1. The molecule has 8 nitrogen and oxygen atoms in total. The number of carbonyl (C=O) groups excluding carboxylic acids is 1. The van der Waals surface area contributed by atoms with Crippen LogP contribution in [-0.2, 0) is 0 Å². The molecule has 0 aromatic carbocycles. The Labute approximate surface area is 229 Å². The number of halogens is 2. The van der Waals surface area contributed by atoms with Crippen molar-refractivity contribution in [3.8, 4) is 40.6 Å². The molecule has 1 amide bonds. The summed E-state index contributed by atoms with van der Waals surface area (Å²) in [5.74, 6) is 12.4. The van der Waals surface area contributed by atoms with E-state index in [-0.39, 0.29) is 22.0 Å². The Bertz CT molecular complexity index is 1480. The van der Waals surface area contributed by atoms with E-state index in [1.807, 2.05) is 0 Å². The molecule has 1 aliphatic heterocycles. The summed E-state index contributed by atoms with van der Waals surface area (Å²) in [6, 6.07) is 2.83. The standard InChI is InChI=1S/C28H26F2N6O2S/c1-38-24-17-32-23(26(29)30)15-21(24)20-14-19(6-5-13-36-11-3-2-4-12-36)31-16-22(20)27(37)33-28-35-34-25(39-28)10-9-18-7-8-18/h14-18,26H,2-4,7-8,11-13H2,1H3,(H,33,35,37). The van der Waals surface area contributed by atoms with Gasteiger partial charge >= 0.3 is 0 Å². The summed E-state index contributed by atoms with van der Waals surface area (Å²) in [5, 5.41) is 11.5. The van der Waals surface area contributed by atoms with E-state index in [4.69, 9.17) is 4.74 Å². The fourth-order valence-electron chi connectivity index (χ4n) is 4.12. The fourth-order valence-corrected chi connectivity index (χ4v) is 4.72. The van der Waals surface area contributed by atoms with Crippen molar-refractivity contribution < 1.29 is 18.3 Å². The number of pyridine rings is 2. The van der Waals surface area contributed by atoms with E-state index >= 15 is 0 Å². The van der Waals surface area contributed by atoms with Crippen LogP contribution in [0.4, 0.5) is 13.9 Å². The summed E-state index contributed by atoms with van der Waals surface area (Å²) in [6.07, 6.45) is 5.54. The third-order valence-corrected chi connectivity index (χ3v) is 7.10. The number of nitrogens with one attached hydrogen (secondary N) is 1. The second-order valence-electron chi connectivity index (χ2n) is 9.27. The maximum absolute atomic E-state index is 13.5. The van der Waals surface area contributed by atoms with Gasteiger partial charge in [0.1, 0.15) is 17.1 Å². The molecule has 1 aliphatic carbocycles. The monoisotopic (exact) mass is 548 g/mol. The van der Waals surface area contributed by atoms with Crippen molar-refractivity contribution in [3.05, 3.63) is 46.5 Å². The Morgan fingerprint density at radius 3 is 2.69 bits per heavy atom. The first-order chi connectivity index (χ1) is 19.0. The first-order valence-electron chi connectivity index (χ1n) is 12.7. The summed E-state index contributed by atoms with van der Waals surface area (Å²) in [5.41, 5.74) is 0.730. The predicted octanol–water partition coefficient (Wildman–Crippen LogP) is 4.79. The number of rotatable bonds is 6. The van der Waals surface area contributed by atoms with Crippen LogP contribution in [0.25, 0.3) is 11.1 Å². The minimum absolute atomic E-state index is 0.141. The minimum Gasteiger partial charge on any atom is -0.494 e. The summed E-state index contributed by atoms with van der Waals surface area (Å²) < 4.78 is 32.5. The predicted molar refractivity (Wildman–Crippen MR) is 144 cm³/mol. The van der Waals surface area contributed by atoms with Gasteiger partial charge in [0.05, 0.1) is 25.4 Å². The Hall–Kier alpha value is -3.93. The van der Waals surface area contributed by atoms with Crippen molar-refractivity contribution in [1.82, 2.24) is 25.1 Å². The zero-order valence-electron chi connectivity index (χ0n) is 21.3. The highest BCUT2D eigenvalue weighted by Crippen LogP contribution is 2.35. The van der Waals surface area contributed by atoms with Crippen molar-refractivity contribution >= 4 is 22.4 Å². The van der Waals surface area contributed by atoms with Crippen LogP contribution in [0, 0.1) is 29.6 Å². The van der Waals surface area contributed by atoms with Crippen LogP contribution in [0.1, 0.15) is 65.3 Å². The van der Waals surface area contributed by atoms with Gasteiger partial charge in [0.25, 0.3) is 12.3 Å². The van der Waals surface area contributed by atoms with Gasteiger partial charge in [-0.15, -0.1) is 10.2 Å². The Kier molecular flexibility index (Phi) is 8.40. The lowest BCUT2D eigenvalue weighted by molar-refractivity contribution is 0.102. The van der Waals surface area contributed by atoms with E-state index in [0.29, 0.717) is 28.7 Å². The molecule has 2 aliphatic rings. The summed E-state index contributed by atoms with van der Waals surface area (Å²) in [4.78, 5) is 23.8. The van der Waals surface area contributed by atoms with Crippen molar-refractivity contribution in [3.63, 3.8) is 0 Å². The smallest absolute Gasteiger partial charge is 0.280 e. The summed E-state index contributed by atoms with van der Waals surface area (Å²) in [7, 11) is 1.41. The third kappa shape index (κ3) is 6.94. The van der Waals surface area contributed by atoms with E-state index in [2.05, 4.69) is 54.1 Å². The van der Waals surface area contributed by atoms with Gasteiger partial charge in [-0.1, -0.05) is 29.6 Å². The van der Waals surface area contributed by atoms with E-state index in [1.54, 1.807) is 6.07 Å². The fraction of sp³-hybridized carbons (Fsp3) is 0.393. The molecule has 3 aromatic heterocycles. The lowest BCUT2D eigenvalue weighted by atomic mass is 9.99. The number of piperidine rings is 1. The van der Waals surface area contributed by atoms with Crippen LogP contribution in [0.3, 0.4) is 0 Å². The molecule has 2 fully saturated rings. The molecule has 1 N–H and O–H groups in total. The average molecular weight is 549 g/mol. The first kappa shape index (κ1) is 26.7. The second-order valence-corrected chi connectivity index (χ2v) is 10.3. The molecule has 1 saturated carbocycles. The Balaban J connectivity index is 1.46. The molecule has 0 unspecified atom stereocenters. The van der Waals surface area contributed by atoms with Gasteiger partial charge in [-0.2, -0.15) is 0 Å². The van der Waals surface area contributed by atoms with Crippen LogP contribution in [-0.4, -0.2) is 57.7 Å². The average Bonchev–Trinajstić information content (AvgIpc) is 3.69. The lowest BCUT2D eigenvalue weighted by Gasteiger charge is -2.23. The highest BCUT2D eigenvalue weighted by atomic mass is 32.1. The number of aromatic nitrogens is 4. The number of alkyl halides is 2. The summed E-state index contributed by atoms with van der Waals surface area (Å²) in [6.45, 7) is 2.63. The largest absolute Gasteiger partial charge is 0.494 e. The SMILES string of the molecule is COc1cnc(C(F)F)cc1-c1cc(C#CCN2CCCCC2)ncc1C(=O)Nc1nnc(C#CC2CC2)s1. The molecule has 5 rings (SSSR count). The van der Waals surface area contributed by atoms with Gasteiger partial charge in [-0.25, -0.2) is 13.8 Å². The van der Waals surface area contributed by atoms with Crippen LogP contribution < -0.4 is 10.1 Å². The van der Waals surface area contributed by atoms with Gasteiger partial charge in [-0.3, -0.25) is 20.0 Å². The van der Waals surface area contributed by atoms with Crippen molar-refractivity contribution in [2.75, 3.05) is 32.1 Å². The van der Waals surface area contributed by atoms with Crippen LogP contribution >= 0.6 is 11.3 Å². The number of ether oxygens (including phenoxy) is 1. The zero-order chi connectivity index (χ0) is 27.2. The second kappa shape index (κ2) is 12.3. The third-order valence-electron chi connectivity index (χ3n) is 6.34. The van der Waals surface area contributed by atoms with Gasteiger partial charge in [-0.05, 0) is 62.7 Å². The number of likely N-dealkylation sites (tertiary alicyclic amines) is 1. The van der Waals surface area contributed by atoms with E-state index < -0.39 is 18.0 Å². The van der Waals surface area contributed by atoms with Gasteiger partial charge < -0.3 is 4.74 Å².